The number of oxazole rings is 1. The van der Waals surface area contributed by atoms with Crippen LogP contribution < -0.4 is 11.1 Å². The molecule has 0 saturated carbocycles. The number of hydrogen-bond acceptors (Lipinski definition) is 5. The number of carbonyl (C=O) groups excluding carboxylic acids is 1. The van der Waals surface area contributed by atoms with Crippen LogP contribution in [0.3, 0.4) is 0 Å². The van der Waals surface area contributed by atoms with Gasteiger partial charge in [0.15, 0.2) is 5.69 Å². The van der Waals surface area contributed by atoms with E-state index in [4.69, 9.17) is 14.9 Å². The molecule has 0 bridgehead atoms. The van der Waals surface area contributed by atoms with Crippen LogP contribution in [-0.2, 0) is 4.74 Å². The van der Waals surface area contributed by atoms with Gasteiger partial charge in [0.25, 0.3) is 5.91 Å². The van der Waals surface area contributed by atoms with Crippen molar-refractivity contribution in [3.8, 4) is 0 Å². The molecule has 1 heterocycles. The molecular weight excluding hydrogens is 234 g/mol. The Hall–Kier alpha value is -1.40. The SMILES string of the molecule is CCC(C)C(N)c1nc(C(=O)NCCOC)co1. The molecular formula is C12H21N3O3. The van der Waals surface area contributed by atoms with Gasteiger partial charge in [-0.3, -0.25) is 4.79 Å². The van der Waals surface area contributed by atoms with Gasteiger partial charge in [0.2, 0.25) is 5.89 Å². The number of nitrogens with zero attached hydrogens (tertiary/aromatic N) is 1. The summed E-state index contributed by atoms with van der Waals surface area (Å²) in [7, 11) is 1.57. The summed E-state index contributed by atoms with van der Waals surface area (Å²) < 4.78 is 10.1. The first-order valence-corrected chi connectivity index (χ1v) is 6.08. The van der Waals surface area contributed by atoms with Crippen molar-refractivity contribution in [3.63, 3.8) is 0 Å². The Balaban J connectivity index is 2.59. The summed E-state index contributed by atoms with van der Waals surface area (Å²) in [5.41, 5.74) is 6.23. The van der Waals surface area contributed by atoms with E-state index in [1.807, 2.05) is 13.8 Å². The van der Waals surface area contributed by atoms with Crippen molar-refractivity contribution in [1.29, 1.82) is 0 Å². The topological polar surface area (TPSA) is 90.4 Å². The van der Waals surface area contributed by atoms with Crippen molar-refractivity contribution in [3.05, 3.63) is 17.8 Å². The monoisotopic (exact) mass is 255 g/mol. The van der Waals surface area contributed by atoms with Crippen LogP contribution in [0.2, 0.25) is 0 Å². The number of rotatable bonds is 7. The molecule has 6 nitrogen and oxygen atoms in total. The van der Waals surface area contributed by atoms with E-state index in [-0.39, 0.29) is 23.6 Å². The molecule has 1 aromatic rings. The molecule has 0 fully saturated rings. The van der Waals surface area contributed by atoms with Crippen LogP contribution in [0.15, 0.2) is 10.7 Å². The highest BCUT2D eigenvalue weighted by atomic mass is 16.5. The molecule has 2 unspecified atom stereocenters. The van der Waals surface area contributed by atoms with Gasteiger partial charge in [-0.2, -0.15) is 0 Å². The summed E-state index contributed by atoms with van der Waals surface area (Å²) in [6.45, 7) is 4.97. The summed E-state index contributed by atoms with van der Waals surface area (Å²) in [5, 5.41) is 2.67. The zero-order valence-electron chi connectivity index (χ0n) is 11.1. The molecule has 0 radical (unpaired) electrons. The van der Waals surface area contributed by atoms with Gasteiger partial charge in [0.1, 0.15) is 6.26 Å². The lowest BCUT2D eigenvalue weighted by Crippen LogP contribution is -2.27. The van der Waals surface area contributed by atoms with E-state index in [0.29, 0.717) is 19.0 Å². The average molecular weight is 255 g/mol. The van der Waals surface area contributed by atoms with Crippen molar-refractivity contribution in [2.24, 2.45) is 11.7 Å². The summed E-state index contributed by atoms with van der Waals surface area (Å²) in [5.74, 6) is 0.382. The first-order chi connectivity index (χ1) is 8.60. The maximum Gasteiger partial charge on any atom is 0.273 e. The summed E-state index contributed by atoms with van der Waals surface area (Å²) in [6, 6.07) is -0.282. The van der Waals surface area contributed by atoms with E-state index < -0.39 is 0 Å². The molecule has 0 aromatic carbocycles. The summed E-state index contributed by atoms with van der Waals surface area (Å²) in [4.78, 5) is 15.8. The Kier molecular flexibility index (Phi) is 5.80. The second kappa shape index (κ2) is 7.13. The van der Waals surface area contributed by atoms with Gasteiger partial charge in [-0.05, 0) is 5.92 Å². The zero-order chi connectivity index (χ0) is 13.5. The number of nitrogens with one attached hydrogen (secondary N) is 1. The molecule has 18 heavy (non-hydrogen) atoms. The van der Waals surface area contributed by atoms with Crippen molar-refractivity contribution >= 4 is 5.91 Å². The van der Waals surface area contributed by atoms with Gasteiger partial charge in [-0.25, -0.2) is 4.98 Å². The van der Waals surface area contributed by atoms with E-state index in [0.717, 1.165) is 6.42 Å². The quantitative estimate of drug-likeness (QED) is 0.712. The highest BCUT2D eigenvalue weighted by Gasteiger charge is 2.20. The lowest BCUT2D eigenvalue weighted by atomic mass is 10.0. The van der Waals surface area contributed by atoms with Crippen molar-refractivity contribution < 1.29 is 13.9 Å². The Morgan fingerprint density at radius 1 is 1.67 bits per heavy atom. The molecule has 1 rings (SSSR count). The third-order valence-electron chi connectivity index (χ3n) is 2.89. The highest BCUT2D eigenvalue weighted by Crippen LogP contribution is 2.20. The molecule has 0 aliphatic carbocycles. The normalized spacial score (nSPS) is 14.2. The van der Waals surface area contributed by atoms with E-state index in [1.54, 1.807) is 7.11 Å². The van der Waals surface area contributed by atoms with Crippen molar-refractivity contribution in [1.82, 2.24) is 10.3 Å². The number of hydrogen-bond donors (Lipinski definition) is 2. The van der Waals surface area contributed by atoms with Gasteiger partial charge < -0.3 is 20.2 Å². The van der Waals surface area contributed by atoms with Gasteiger partial charge >= 0.3 is 0 Å². The molecule has 102 valence electrons. The first kappa shape index (κ1) is 14.7. The Morgan fingerprint density at radius 2 is 2.39 bits per heavy atom. The fourth-order valence-corrected chi connectivity index (χ4v) is 1.40. The molecule has 3 N–H and O–H groups in total. The fourth-order valence-electron chi connectivity index (χ4n) is 1.40. The minimum Gasteiger partial charge on any atom is -0.446 e. The van der Waals surface area contributed by atoms with E-state index in [2.05, 4.69) is 10.3 Å². The zero-order valence-corrected chi connectivity index (χ0v) is 11.1. The number of ether oxygens (including phenoxy) is 1. The molecule has 0 spiro atoms. The first-order valence-electron chi connectivity index (χ1n) is 6.08. The van der Waals surface area contributed by atoms with E-state index in [1.165, 1.54) is 6.26 Å². The summed E-state index contributed by atoms with van der Waals surface area (Å²) >= 11 is 0. The molecule has 0 saturated heterocycles. The van der Waals surface area contributed by atoms with Crippen LogP contribution in [0.25, 0.3) is 0 Å². The van der Waals surface area contributed by atoms with Crippen LogP contribution >= 0.6 is 0 Å². The third kappa shape index (κ3) is 3.82. The maximum atomic E-state index is 11.7. The fraction of sp³-hybridized carbons (Fsp3) is 0.667. The number of methoxy groups -OCH3 is 1. The minimum absolute atomic E-state index is 0.250. The van der Waals surface area contributed by atoms with Gasteiger partial charge in [-0.1, -0.05) is 20.3 Å². The van der Waals surface area contributed by atoms with Crippen LogP contribution in [-0.4, -0.2) is 31.2 Å². The standard InChI is InChI=1S/C12H21N3O3/c1-4-8(2)10(13)12-15-9(7-18-12)11(16)14-5-6-17-3/h7-8,10H,4-6,13H2,1-3H3,(H,14,16). The lowest BCUT2D eigenvalue weighted by molar-refractivity contribution is 0.0932. The molecule has 1 amide bonds. The Morgan fingerprint density at radius 3 is 3.00 bits per heavy atom. The molecule has 2 atom stereocenters. The molecule has 6 heteroatoms. The van der Waals surface area contributed by atoms with E-state index in [9.17, 15) is 4.79 Å². The van der Waals surface area contributed by atoms with Crippen LogP contribution in [0.1, 0.15) is 42.7 Å². The van der Waals surface area contributed by atoms with Crippen LogP contribution in [0.5, 0.6) is 0 Å². The van der Waals surface area contributed by atoms with Gasteiger partial charge in [0.05, 0.1) is 12.6 Å². The molecule has 1 aromatic heterocycles. The van der Waals surface area contributed by atoms with Crippen LogP contribution in [0, 0.1) is 5.92 Å². The highest BCUT2D eigenvalue weighted by molar-refractivity contribution is 5.91. The van der Waals surface area contributed by atoms with Crippen LogP contribution in [0.4, 0.5) is 0 Å². The predicted molar refractivity (Wildman–Crippen MR) is 67.1 cm³/mol. The third-order valence-corrected chi connectivity index (χ3v) is 2.89. The smallest absolute Gasteiger partial charge is 0.273 e. The Labute approximate surface area is 107 Å². The molecule has 0 aliphatic heterocycles. The molecule has 0 aliphatic rings. The largest absolute Gasteiger partial charge is 0.446 e. The average Bonchev–Trinajstić information content (AvgIpc) is 2.86. The Bertz CT molecular complexity index is 378. The lowest BCUT2D eigenvalue weighted by Gasteiger charge is -2.13. The van der Waals surface area contributed by atoms with Gasteiger partial charge in [0, 0.05) is 13.7 Å². The number of amides is 1. The van der Waals surface area contributed by atoms with E-state index >= 15 is 0 Å². The summed E-state index contributed by atoms with van der Waals surface area (Å²) in [6.07, 6.45) is 2.26. The van der Waals surface area contributed by atoms with Gasteiger partial charge in [-0.15, -0.1) is 0 Å². The minimum atomic E-state index is -0.282. The number of carbonyl (C=O) groups is 1. The van der Waals surface area contributed by atoms with Crippen molar-refractivity contribution in [2.45, 2.75) is 26.3 Å². The maximum absolute atomic E-state index is 11.7. The second-order valence-corrected chi connectivity index (χ2v) is 4.23. The number of nitrogens with two attached hydrogens (primary N) is 1. The predicted octanol–water partition coefficient (Wildman–Crippen LogP) is 1.10. The van der Waals surface area contributed by atoms with Crippen molar-refractivity contribution in [2.75, 3.05) is 20.3 Å². The number of aromatic nitrogens is 1. The second-order valence-electron chi connectivity index (χ2n) is 4.23.